The molecule has 1 atom stereocenters. The first-order valence-electron chi connectivity index (χ1n) is 7.87. The zero-order valence-electron chi connectivity index (χ0n) is 11.6. The first kappa shape index (κ1) is 12.0. The van der Waals surface area contributed by atoms with Gasteiger partial charge in [0.25, 0.3) is 0 Å². The van der Waals surface area contributed by atoms with Crippen LogP contribution in [0.15, 0.2) is 0 Å². The second-order valence-electron chi connectivity index (χ2n) is 7.17. The van der Waals surface area contributed by atoms with E-state index in [1.165, 1.54) is 57.8 Å². The standard InChI is InChI=1S/C16H28O/c1-3-4-5-12(2)17-16-9-13-6-14(10-16)8-15(7-13)11-16/h12-15H,3-11H2,1-2H3. The van der Waals surface area contributed by atoms with Crippen LogP contribution in [0.2, 0.25) is 0 Å². The molecule has 0 radical (unpaired) electrons. The monoisotopic (exact) mass is 236 g/mol. The molecule has 0 spiro atoms. The molecule has 0 heterocycles. The molecule has 0 aliphatic heterocycles. The van der Waals surface area contributed by atoms with E-state index in [-0.39, 0.29) is 0 Å². The summed E-state index contributed by atoms with van der Waals surface area (Å²) in [5, 5.41) is 0. The summed E-state index contributed by atoms with van der Waals surface area (Å²) in [6.45, 7) is 4.58. The van der Waals surface area contributed by atoms with Crippen LogP contribution in [0.3, 0.4) is 0 Å². The summed E-state index contributed by atoms with van der Waals surface area (Å²) < 4.78 is 6.55. The van der Waals surface area contributed by atoms with Crippen molar-refractivity contribution >= 4 is 0 Å². The number of rotatable bonds is 5. The van der Waals surface area contributed by atoms with Crippen molar-refractivity contribution in [1.82, 2.24) is 0 Å². The Bertz CT molecular complexity index is 235. The summed E-state index contributed by atoms with van der Waals surface area (Å²) in [5.41, 5.74) is 0.321. The van der Waals surface area contributed by atoms with Gasteiger partial charge >= 0.3 is 0 Å². The van der Waals surface area contributed by atoms with Gasteiger partial charge in [0.05, 0.1) is 11.7 Å². The normalized spacial score (nSPS) is 45.2. The average molecular weight is 236 g/mol. The Kier molecular flexibility index (Phi) is 3.23. The second-order valence-corrected chi connectivity index (χ2v) is 7.17. The summed E-state index contributed by atoms with van der Waals surface area (Å²) in [7, 11) is 0. The van der Waals surface area contributed by atoms with E-state index in [2.05, 4.69) is 13.8 Å². The zero-order valence-corrected chi connectivity index (χ0v) is 11.6. The molecule has 4 saturated carbocycles. The first-order valence-corrected chi connectivity index (χ1v) is 7.87. The number of unbranched alkanes of at least 4 members (excludes halogenated alkanes) is 1. The number of ether oxygens (including phenoxy) is 1. The van der Waals surface area contributed by atoms with E-state index >= 15 is 0 Å². The van der Waals surface area contributed by atoms with E-state index in [4.69, 9.17) is 4.74 Å². The fourth-order valence-corrected chi connectivity index (χ4v) is 5.15. The summed E-state index contributed by atoms with van der Waals surface area (Å²) in [4.78, 5) is 0. The lowest BCUT2D eigenvalue weighted by atomic mass is 9.54. The molecule has 98 valence electrons. The minimum atomic E-state index is 0.321. The van der Waals surface area contributed by atoms with Crippen LogP contribution in [0.4, 0.5) is 0 Å². The van der Waals surface area contributed by atoms with E-state index in [0.29, 0.717) is 11.7 Å². The Morgan fingerprint density at radius 1 is 1.06 bits per heavy atom. The van der Waals surface area contributed by atoms with Gasteiger partial charge in [-0.3, -0.25) is 0 Å². The molecule has 0 aromatic rings. The van der Waals surface area contributed by atoms with E-state index < -0.39 is 0 Å². The van der Waals surface area contributed by atoms with Gasteiger partial charge in [-0.2, -0.15) is 0 Å². The third-order valence-electron chi connectivity index (χ3n) is 5.40. The second kappa shape index (κ2) is 4.57. The van der Waals surface area contributed by atoms with Gasteiger partial charge in [0.15, 0.2) is 0 Å². The minimum absolute atomic E-state index is 0.321. The fourth-order valence-electron chi connectivity index (χ4n) is 5.15. The van der Waals surface area contributed by atoms with Gasteiger partial charge in [-0.25, -0.2) is 0 Å². The third-order valence-corrected chi connectivity index (χ3v) is 5.40. The molecule has 0 aromatic heterocycles. The number of hydrogen-bond donors (Lipinski definition) is 0. The highest BCUT2D eigenvalue weighted by Gasteiger charge is 2.52. The van der Waals surface area contributed by atoms with Gasteiger partial charge < -0.3 is 4.74 Å². The predicted molar refractivity (Wildman–Crippen MR) is 71.0 cm³/mol. The van der Waals surface area contributed by atoms with Crippen LogP contribution in [0.1, 0.15) is 71.6 Å². The van der Waals surface area contributed by atoms with Gasteiger partial charge in [-0.1, -0.05) is 19.8 Å². The molecule has 1 heteroatoms. The molecule has 4 aliphatic rings. The Balaban J connectivity index is 1.62. The molecule has 4 aliphatic carbocycles. The van der Waals surface area contributed by atoms with Gasteiger partial charge in [0, 0.05) is 0 Å². The van der Waals surface area contributed by atoms with Crippen LogP contribution in [0.25, 0.3) is 0 Å². The Labute approximate surface area is 106 Å². The van der Waals surface area contributed by atoms with Gasteiger partial charge in [-0.15, -0.1) is 0 Å². The van der Waals surface area contributed by atoms with Crippen molar-refractivity contribution in [2.75, 3.05) is 0 Å². The van der Waals surface area contributed by atoms with Crippen molar-refractivity contribution in [3.05, 3.63) is 0 Å². The number of hydrogen-bond acceptors (Lipinski definition) is 1. The summed E-state index contributed by atoms with van der Waals surface area (Å²) in [6.07, 6.45) is 13.1. The highest BCUT2D eigenvalue weighted by atomic mass is 16.5. The molecule has 17 heavy (non-hydrogen) atoms. The van der Waals surface area contributed by atoms with Crippen molar-refractivity contribution in [2.24, 2.45) is 17.8 Å². The maximum absolute atomic E-state index is 6.55. The molecule has 4 rings (SSSR count). The maximum Gasteiger partial charge on any atom is 0.0694 e. The average Bonchev–Trinajstić information content (AvgIpc) is 2.23. The molecule has 4 bridgehead atoms. The lowest BCUT2D eigenvalue weighted by Gasteiger charge is -2.57. The van der Waals surface area contributed by atoms with E-state index in [1.807, 2.05) is 0 Å². The van der Waals surface area contributed by atoms with Gasteiger partial charge in [0.1, 0.15) is 0 Å². The van der Waals surface area contributed by atoms with Crippen LogP contribution < -0.4 is 0 Å². The topological polar surface area (TPSA) is 9.23 Å². The highest BCUT2D eigenvalue weighted by molar-refractivity contribution is 5.03. The van der Waals surface area contributed by atoms with Crippen LogP contribution in [0, 0.1) is 17.8 Å². The Morgan fingerprint density at radius 2 is 1.59 bits per heavy atom. The van der Waals surface area contributed by atoms with Crippen molar-refractivity contribution < 1.29 is 4.74 Å². The highest BCUT2D eigenvalue weighted by Crippen LogP contribution is 2.57. The molecule has 0 aromatic carbocycles. The summed E-state index contributed by atoms with van der Waals surface area (Å²) in [5.74, 6) is 3.04. The Hall–Kier alpha value is -0.0400. The zero-order chi connectivity index (χ0) is 11.9. The molecular formula is C16H28O. The molecule has 1 nitrogen and oxygen atoms in total. The van der Waals surface area contributed by atoms with Gasteiger partial charge in [-0.05, 0) is 69.6 Å². The van der Waals surface area contributed by atoms with Crippen LogP contribution in [0.5, 0.6) is 0 Å². The van der Waals surface area contributed by atoms with E-state index in [9.17, 15) is 0 Å². The molecule has 0 saturated heterocycles. The smallest absolute Gasteiger partial charge is 0.0694 e. The molecule has 4 fully saturated rings. The lowest BCUT2D eigenvalue weighted by molar-refractivity contribution is -0.185. The molecule has 1 unspecified atom stereocenters. The van der Waals surface area contributed by atoms with E-state index in [1.54, 1.807) is 0 Å². The lowest BCUT2D eigenvalue weighted by Crippen LogP contribution is -2.53. The largest absolute Gasteiger partial charge is 0.372 e. The van der Waals surface area contributed by atoms with Crippen LogP contribution >= 0.6 is 0 Å². The van der Waals surface area contributed by atoms with Crippen LogP contribution in [-0.4, -0.2) is 11.7 Å². The van der Waals surface area contributed by atoms with Crippen molar-refractivity contribution in [3.63, 3.8) is 0 Å². The van der Waals surface area contributed by atoms with Crippen molar-refractivity contribution in [3.8, 4) is 0 Å². The fraction of sp³-hybridized carbons (Fsp3) is 1.00. The van der Waals surface area contributed by atoms with Crippen LogP contribution in [-0.2, 0) is 4.74 Å². The van der Waals surface area contributed by atoms with Crippen molar-refractivity contribution in [1.29, 1.82) is 0 Å². The maximum atomic E-state index is 6.55. The van der Waals surface area contributed by atoms with E-state index in [0.717, 1.165) is 17.8 Å². The van der Waals surface area contributed by atoms with Gasteiger partial charge in [0.2, 0.25) is 0 Å². The molecule has 0 amide bonds. The summed E-state index contributed by atoms with van der Waals surface area (Å²) in [6, 6.07) is 0. The third kappa shape index (κ3) is 2.41. The Morgan fingerprint density at radius 3 is 2.06 bits per heavy atom. The quantitative estimate of drug-likeness (QED) is 0.680. The SMILES string of the molecule is CCCCC(C)OC12CC3CC(CC(C3)C1)C2. The van der Waals surface area contributed by atoms with Crippen molar-refractivity contribution in [2.45, 2.75) is 83.3 Å². The minimum Gasteiger partial charge on any atom is -0.372 e. The predicted octanol–water partition coefficient (Wildman–Crippen LogP) is 4.55. The summed E-state index contributed by atoms with van der Waals surface area (Å²) >= 11 is 0. The first-order chi connectivity index (χ1) is 8.19. The molecule has 0 N–H and O–H groups in total. The molecular weight excluding hydrogens is 208 g/mol.